The molecule has 0 bridgehead atoms. The van der Waals surface area contributed by atoms with Crippen molar-refractivity contribution < 1.29 is 23.1 Å². The van der Waals surface area contributed by atoms with Crippen molar-refractivity contribution in [3.05, 3.63) is 69.5 Å². The van der Waals surface area contributed by atoms with Gasteiger partial charge >= 0.3 is 13.7 Å². The summed E-state index contributed by atoms with van der Waals surface area (Å²) in [6.07, 6.45) is 0.953. The molecule has 3 heterocycles. The van der Waals surface area contributed by atoms with Gasteiger partial charge in [-0.2, -0.15) is 0 Å². The molecule has 0 unspecified atom stereocenters. The van der Waals surface area contributed by atoms with E-state index in [1.165, 1.54) is 0 Å². The molecule has 1 saturated heterocycles. The van der Waals surface area contributed by atoms with E-state index >= 15 is 0 Å². The molecular formula is C23H26Cl2N5O5P. The van der Waals surface area contributed by atoms with Crippen molar-refractivity contribution in [3.8, 4) is 0 Å². The van der Waals surface area contributed by atoms with Crippen molar-refractivity contribution in [1.82, 2.24) is 14.5 Å². The third-order valence-corrected chi connectivity index (χ3v) is 7.76. The van der Waals surface area contributed by atoms with E-state index in [2.05, 4.69) is 15.4 Å². The lowest BCUT2D eigenvalue weighted by Gasteiger charge is -2.41. The smallest absolute Gasteiger partial charge is 0.457 e. The molecule has 1 aliphatic rings. The van der Waals surface area contributed by atoms with E-state index in [0.717, 1.165) is 15.6 Å². The lowest BCUT2D eigenvalue weighted by Crippen LogP contribution is -2.34. The molecule has 1 aromatic carbocycles. The van der Waals surface area contributed by atoms with Gasteiger partial charge in [0.15, 0.2) is 5.82 Å². The van der Waals surface area contributed by atoms with Crippen molar-refractivity contribution in [2.24, 2.45) is 5.41 Å². The minimum atomic E-state index is -4.11. The Kier molecular flexibility index (Phi) is 7.64. The third-order valence-electron chi connectivity index (χ3n) is 5.58. The molecule has 13 heteroatoms. The maximum Gasteiger partial charge on any atom is 0.457 e. The first-order valence-electron chi connectivity index (χ1n) is 11.1. The Morgan fingerprint density at radius 3 is 2.64 bits per heavy atom. The van der Waals surface area contributed by atoms with Crippen molar-refractivity contribution in [1.29, 1.82) is 0 Å². The normalized spacial score (nSPS) is 21.2. The fourth-order valence-electron chi connectivity index (χ4n) is 3.71. The lowest BCUT2D eigenvalue weighted by atomic mass is 9.83. The van der Waals surface area contributed by atoms with E-state index in [-0.39, 0.29) is 37.0 Å². The predicted octanol–water partition coefficient (Wildman–Crippen LogP) is 5.73. The monoisotopic (exact) mass is 553 g/mol. The lowest BCUT2D eigenvalue weighted by molar-refractivity contribution is -0.0304. The second-order valence-electron chi connectivity index (χ2n) is 8.83. The number of anilines is 2. The first-order chi connectivity index (χ1) is 17.0. The highest BCUT2D eigenvalue weighted by molar-refractivity contribution is 7.52. The second kappa shape index (κ2) is 10.4. The number of rotatable bonds is 7. The summed E-state index contributed by atoms with van der Waals surface area (Å²) in [5.41, 5.74) is 7.21. The zero-order chi connectivity index (χ0) is 26.1. The van der Waals surface area contributed by atoms with Crippen LogP contribution in [0.3, 0.4) is 0 Å². The van der Waals surface area contributed by atoms with Gasteiger partial charge in [0.1, 0.15) is 22.6 Å². The number of nitrogens with zero attached hydrogens (tertiary/aromatic N) is 3. The first kappa shape index (κ1) is 26.4. The minimum Gasteiger partial charge on any atom is -0.462 e. The van der Waals surface area contributed by atoms with Gasteiger partial charge in [0.25, 0.3) is 0 Å². The molecule has 2 aromatic heterocycles. The molecule has 4 rings (SSSR count). The van der Waals surface area contributed by atoms with Crippen LogP contribution >= 0.6 is 30.9 Å². The van der Waals surface area contributed by atoms with Gasteiger partial charge in [-0.1, -0.05) is 55.2 Å². The quantitative estimate of drug-likeness (QED) is 0.214. The van der Waals surface area contributed by atoms with Gasteiger partial charge in [0.2, 0.25) is 0 Å². The summed E-state index contributed by atoms with van der Waals surface area (Å²) >= 11 is 11.9. The maximum absolute atomic E-state index is 14.0. The number of carbonyl (C=O) groups excluding carboxylic acids is 1. The van der Waals surface area contributed by atoms with Gasteiger partial charge in [0.05, 0.1) is 13.2 Å². The van der Waals surface area contributed by atoms with Gasteiger partial charge in [-0.25, -0.2) is 14.3 Å². The predicted molar refractivity (Wildman–Crippen MR) is 137 cm³/mol. The number of hydrogen-bond donors (Lipinski definition) is 2. The number of nitrogens with one attached hydrogen (secondary N) is 1. The van der Waals surface area contributed by atoms with Crippen LogP contribution < -0.4 is 11.1 Å². The highest BCUT2D eigenvalue weighted by Gasteiger charge is 2.48. The number of carbonyl (C=O) groups is 1. The molecule has 0 radical (unpaired) electrons. The minimum absolute atomic E-state index is 0.0659. The van der Waals surface area contributed by atoms with Crippen LogP contribution in [-0.4, -0.2) is 33.7 Å². The standard InChI is InChI=1S/C23H26Cl2N5O5P/c1-4-33-22(31)18-20(26)30(29-21(18)28-12-14-5-10-17(25)27-11-14)36(32)34-13-23(2,3)19(35-36)15-6-8-16(24)9-7-15/h5-11,19H,4,12-13,26H2,1-3H3,(H,28,29)/t19-,36-/m0/s1. The SMILES string of the molecule is CCOC(=O)c1c(NCc2ccc(Cl)nc2)nn([P@]2(=O)OCC(C)(C)[C@H](c3ccc(Cl)cc3)O2)c1N. The van der Waals surface area contributed by atoms with Crippen LogP contribution in [0.15, 0.2) is 42.6 Å². The summed E-state index contributed by atoms with van der Waals surface area (Å²) in [6, 6.07) is 10.5. The van der Waals surface area contributed by atoms with Gasteiger partial charge < -0.3 is 15.8 Å². The maximum atomic E-state index is 14.0. The van der Waals surface area contributed by atoms with Crippen molar-refractivity contribution in [3.63, 3.8) is 0 Å². The summed E-state index contributed by atoms with van der Waals surface area (Å²) in [5, 5.41) is 8.27. The van der Waals surface area contributed by atoms with E-state index in [1.54, 1.807) is 49.5 Å². The number of benzene rings is 1. The van der Waals surface area contributed by atoms with Crippen LogP contribution in [0.2, 0.25) is 10.2 Å². The molecule has 0 spiro atoms. The molecule has 3 aromatic rings. The Balaban J connectivity index is 1.70. The van der Waals surface area contributed by atoms with Gasteiger partial charge in [-0.3, -0.25) is 9.05 Å². The van der Waals surface area contributed by atoms with Crippen LogP contribution in [0.4, 0.5) is 11.6 Å². The fourth-order valence-corrected chi connectivity index (χ4v) is 5.94. The zero-order valence-electron chi connectivity index (χ0n) is 19.9. The molecule has 0 saturated carbocycles. The second-order valence-corrected chi connectivity index (χ2v) is 11.4. The molecule has 10 nitrogen and oxygen atoms in total. The number of esters is 1. The number of halogens is 2. The number of ether oxygens (including phenoxy) is 1. The van der Waals surface area contributed by atoms with Crippen LogP contribution in [0.1, 0.15) is 48.4 Å². The molecule has 36 heavy (non-hydrogen) atoms. The Morgan fingerprint density at radius 1 is 1.28 bits per heavy atom. The van der Waals surface area contributed by atoms with Crippen LogP contribution in [0.5, 0.6) is 0 Å². The van der Waals surface area contributed by atoms with E-state index in [9.17, 15) is 9.36 Å². The Morgan fingerprint density at radius 2 is 2.00 bits per heavy atom. The van der Waals surface area contributed by atoms with E-state index < -0.39 is 25.2 Å². The topological polar surface area (TPSA) is 131 Å². The highest BCUT2D eigenvalue weighted by atomic mass is 35.5. The van der Waals surface area contributed by atoms with Gasteiger partial charge in [-0.15, -0.1) is 9.55 Å². The Bertz CT molecular complexity index is 1300. The summed E-state index contributed by atoms with van der Waals surface area (Å²) in [4.78, 5) is 16.8. The number of nitrogens with two attached hydrogens (primary N) is 1. The highest BCUT2D eigenvalue weighted by Crippen LogP contribution is 2.62. The van der Waals surface area contributed by atoms with Crippen LogP contribution in [-0.2, 0) is 24.9 Å². The van der Waals surface area contributed by atoms with Crippen molar-refractivity contribution in [2.45, 2.75) is 33.4 Å². The van der Waals surface area contributed by atoms with Gasteiger partial charge in [0, 0.05) is 23.2 Å². The van der Waals surface area contributed by atoms with E-state index in [4.69, 9.17) is 42.7 Å². The summed E-state index contributed by atoms with van der Waals surface area (Å²) in [5.74, 6) is -0.865. The Hall–Kier alpha value is -2.62. The molecule has 2 atom stereocenters. The molecule has 1 fully saturated rings. The number of aromatic nitrogens is 3. The largest absolute Gasteiger partial charge is 0.462 e. The third kappa shape index (κ3) is 5.38. The van der Waals surface area contributed by atoms with E-state index in [0.29, 0.717) is 10.2 Å². The van der Waals surface area contributed by atoms with Crippen molar-refractivity contribution >= 4 is 48.6 Å². The number of pyridine rings is 1. The van der Waals surface area contributed by atoms with Crippen molar-refractivity contribution in [2.75, 3.05) is 24.3 Å². The number of hydrogen-bond acceptors (Lipinski definition) is 9. The molecule has 0 aliphatic carbocycles. The first-order valence-corrected chi connectivity index (χ1v) is 13.4. The zero-order valence-corrected chi connectivity index (χ0v) is 22.3. The molecule has 1 aliphatic heterocycles. The summed E-state index contributed by atoms with van der Waals surface area (Å²) in [7, 11) is -4.11. The van der Waals surface area contributed by atoms with Gasteiger partial charge in [-0.05, 0) is 36.2 Å². The molecule has 3 N–H and O–H groups in total. The fraction of sp³-hybridized carbons (Fsp3) is 0.348. The molecule has 0 amide bonds. The average molecular weight is 554 g/mol. The summed E-state index contributed by atoms with van der Waals surface area (Å²) in [6.45, 7) is 5.96. The van der Waals surface area contributed by atoms with Crippen LogP contribution in [0.25, 0.3) is 0 Å². The Labute approximate surface area is 218 Å². The average Bonchev–Trinajstić information content (AvgIpc) is 3.18. The molecular weight excluding hydrogens is 528 g/mol. The number of nitrogen functional groups attached to an aromatic ring is 1. The van der Waals surface area contributed by atoms with Crippen LogP contribution in [0, 0.1) is 5.41 Å². The summed E-state index contributed by atoms with van der Waals surface area (Å²) < 4.78 is 31.9. The van der Waals surface area contributed by atoms with E-state index in [1.807, 2.05) is 13.8 Å². The molecule has 192 valence electrons.